The maximum Gasteiger partial charge on any atom is 0.261 e. The topological polar surface area (TPSA) is 21.3 Å². The van der Waals surface area contributed by atoms with Gasteiger partial charge in [0.25, 0.3) is 5.17 Å². The van der Waals surface area contributed by atoms with E-state index in [1.165, 1.54) is 96.3 Å². The van der Waals surface area contributed by atoms with Crippen LogP contribution in [-0.4, -0.2) is 11.8 Å². The quantitative estimate of drug-likeness (QED) is 0.195. The van der Waals surface area contributed by atoms with Crippen LogP contribution in [0.4, 0.5) is 5.69 Å². The van der Waals surface area contributed by atoms with Gasteiger partial charge in [-0.05, 0) is 30.8 Å². The van der Waals surface area contributed by atoms with E-state index in [0.29, 0.717) is 5.17 Å². The molecule has 0 heterocycles. The largest absolute Gasteiger partial charge is 0.471 e. The summed E-state index contributed by atoms with van der Waals surface area (Å²) in [5, 5.41) is 3.58. The highest BCUT2D eigenvalue weighted by molar-refractivity contribution is 7.80. The van der Waals surface area contributed by atoms with Gasteiger partial charge in [0.05, 0.1) is 6.61 Å². The Bertz CT molecular complexity index is 463. The predicted molar refractivity (Wildman–Crippen MR) is 128 cm³/mol. The summed E-state index contributed by atoms with van der Waals surface area (Å²) in [7, 11) is 0. The molecular formula is C25H43NOS. The average molecular weight is 406 g/mol. The molecule has 28 heavy (non-hydrogen) atoms. The normalized spacial score (nSPS) is 10.8. The summed E-state index contributed by atoms with van der Waals surface area (Å²) in [6.07, 6.45) is 22.2. The van der Waals surface area contributed by atoms with Gasteiger partial charge in [-0.25, -0.2) is 0 Å². The first kappa shape index (κ1) is 24.9. The molecule has 1 rings (SSSR count). The predicted octanol–water partition coefficient (Wildman–Crippen LogP) is 8.66. The van der Waals surface area contributed by atoms with Gasteiger partial charge in [0.2, 0.25) is 0 Å². The second-order valence-corrected chi connectivity index (χ2v) is 8.30. The first-order valence-electron chi connectivity index (χ1n) is 11.8. The number of benzene rings is 1. The van der Waals surface area contributed by atoms with Gasteiger partial charge in [0, 0.05) is 5.69 Å². The van der Waals surface area contributed by atoms with E-state index in [1.54, 1.807) is 0 Å². The number of rotatable bonds is 18. The monoisotopic (exact) mass is 405 g/mol. The van der Waals surface area contributed by atoms with E-state index in [4.69, 9.17) is 17.0 Å². The molecule has 2 nitrogen and oxygen atoms in total. The third-order valence-electron chi connectivity index (χ3n) is 5.25. The average Bonchev–Trinajstić information content (AvgIpc) is 2.71. The van der Waals surface area contributed by atoms with E-state index < -0.39 is 0 Å². The number of unbranched alkanes of at least 4 members (excludes halogenated alkanes) is 15. The van der Waals surface area contributed by atoms with Crippen molar-refractivity contribution in [1.82, 2.24) is 0 Å². The maximum atomic E-state index is 5.59. The number of nitrogens with one attached hydrogen (secondary N) is 1. The zero-order valence-corrected chi connectivity index (χ0v) is 19.0. The molecule has 0 atom stereocenters. The van der Waals surface area contributed by atoms with E-state index in [-0.39, 0.29) is 0 Å². The van der Waals surface area contributed by atoms with Crippen LogP contribution < -0.4 is 5.32 Å². The van der Waals surface area contributed by atoms with Gasteiger partial charge in [-0.3, -0.25) is 0 Å². The Morgan fingerprint density at radius 1 is 0.679 bits per heavy atom. The highest BCUT2D eigenvalue weighted by Crippen LogP contribution is 2.14. The molecule has 0 saturated carbocycles. The highest BCUT2D eigenvalue weighted by atomic mass is 32.1. The van der Waals surface area contributed by atoms with Gasteiger partial charge in [-0.2, -0.15) is 0 Å². The fraction of sp³-hybridized carbons (Fsp3) is 0.720. The number of anilines is 1. The lowest BCUT2D eigenvalue weighted by atomic mass is 10.0. The Hall–Kier alpha value is -1.09. The zero-order chi connectivity index (χ0) is 20.1. The molecule has 0 radical (unpaired) electrons. The Morgan fingerprint density at radius 2 is 1.11 bits per heavy atom. The van der Waals surface area contributed by atoms with E-state index in [2.05, 4.69) is 12.2 Å². The maximum absolute atomic E-state index is 5.59. The number of para-hydroxylation sites is 1. The lowest BCUT2D eigenvalue weighted by Gasteiger charge is -2.09. The number of ether oxygens (including phenoxy) is 1. The van der Waals surface area contributed by atoms with Gasteiger partial charge in [-0.15, -0.1) is 0 Å². The first-order chi connectivity index (χ1) is 13.8. The minimum atomic E-state index is 0.479. The second kappa shape index (κ2) is 19.2. The molecule has 1 aromatic carbocycles. The van der Waals surface area contributed by atoms with E-state index in [9.17, 15) is 0 Å². The van der Waals surface area contributed by atoms with Crippen molar-refractivity contribution in [3.63, 3.8) is 0 Å². The van der Waals surface area contributed by atoms with Crippen LogP contribution >= 0.6 is 12.2 Å². The Balaban J connectivity index is 1.74. The van der Waals surface area contributed by atoms with Crippen molar-refractivity contribution >= 4 is 23.1 Å². The molecule has 0 bridgehead atoms. The molecule has 0 saturated heterocycles. The smallest absolute Gasteiger partial charge is 0.261 e. The van der Waals surface area contributed by atoms with Crippen molar-refractivity contribution in [2.24, 2.45) is 0 Å². The number of hydrogen-bond donors (Lipinski definition) is 1. The molecule has 0 aliphatic heterocycles. The van der Waals surface area contributed by atoms with Crippen LogP contribution in [0.15, 0.2) is 30.3 Å². The summed E-state index contributed by atoms with van der Waals surface area (Å²) in [4.78, 5) is 0. The fourth-order valence-electron chi connectivity index (χ4n) is 3.49. The molecule has 160 valence electrons. The van der Waals surface area contributed by atoms with Gasteiger partial charge in [0.1, 0.15) is 0 Å². The van der Waals surface area contributed by atoms with Gasteiger partial charge < -0.3 is 10.1 Å². The number of thiocarbonyl (C=S) groups is 1. The van der Waals surface area contributed by atoms with Crippen LogP contribution in [0, 0.1) is 0 Å². The van der Waals surface area contributed by atoms with E-state index in [0.717, 1.165) is 18.7 Å². The van der Waals surface area contributed by atoms with Crippen LogP contribution in [-0.2, 0) is 4.74 Å². The summed E-state index contributed by atoms with van der Waals surface area (Å²) in [5.41, 5.74) is 0.986. The molecule has 1 aromatic rings. The van der Waals surface area contributed by atoms with Crippen LogP contribution in [0.5, 0.6) is 0 Å². The molecule has 0 aromatic heterocycles. The Labute approximate surface area is 179 Å². The molecule has 0 unspecified atom stereocenters. The molecule has 0 amide bonds. The van der Waals surface area contributed by atoms with Crippen molar-refractivity contribution in [1.29, 1.82) is 0 Å². The summed E-state index contributed by atoms with van der Waals surface area (Å²) in [6.45, 7) is 3.01. The molecule has 0 aliphatic rings. The molecule has 3 heteroatoms. The number of hydrogen-bond acceptors (Lipinski definition) is 2. The zero-order valence-electron chi connectivity index (χ0n) is 18.2. The Morgan fingerprint density at radius 3 is 1.57 bits per heavy atom. The second-order valence-electron chi connectivity index (χ2n) is 7.93. The highest BCUT2D eigenvalue weighted by Gasteiger charge is 1.98. The van der Waals surface area contributed by atoms with Crippen LogP contribution in [0.1, 0.15) is 110 Å². The van der Waals surface area contributed by atoms with E-state index >= 15 is 0 Å². The van der Waals surface area contributed by atoms with Gasteiger partial charge >= 0.3 is 0 Å². The summed E-state index contributed by atoms with van der Waals surface area (Å²) < 4.78 is 5.59. The standard InChI is InChI=1S/C25H43NOS/c1-2-3-4-5-6-7-8-9-10-11-12-13-14-15-16-20-23-27-25(28)26-24-21-18-17-19-22-24/h17-19,21-22H,2-16,20,23H2,1H3,(H,26,28). The van der Waals surface area contributed by atoms with Crippen molar-refractivity contribution in [2.45, 2.75) is 110 Å². The van der Waals surface area contributed by atoms with Crippen molar-refractivity contribution in [2.75, 3.05) is 11.9 Å². The first-order valence-corrected chi connectivity index (χ1v) is 12.2. The summed E-state index contributed by atoms with van der Waals surface area (Å²) >= 11 is 5.21. The van der Waals surface area contributed by atoms with Crippen molar-refractivity contribution < 1.29 is 4.74 Å². The van der Waals surface area contributed by atoms with Gasteiger partial charge in [-0.1, -0.05) is 121 Å². The molecule has 1 N–H and O–H groups in total. The van der Waals surface area contributed by atoms with Crippen LogP contribution in [0.25, 0.3) is 0 Å². The SMILES string of the molecule is CCCCCCCCCCCCCCCCCCOC(=S)Nc1ccccc1. The summed E-state index contributed by atoms with van der Waals surface area (Å²) in [5.74, 6) is 0. The van der Waals surface area contributed by atoms with Gasteiger partial charge in [0.15, 0.2) is 0 Å². The molecule has 0 fully saturated rings. The molecule has 0 spiro atoms. The third-order valence-corrected chi connectivity index (χ3v) is 5.47. The Kier molecular flexibility index (Phi) is 17.1. The van der Waals surface area contributed by atoms with Crippen LogP contribution in [0.2, 0.25) is 0 Å². The summed E-state index contributed by atoms with van der Waals surface area (Å²) in [6, 6.07) is 9.95. The lowest BCUT2D eigenvalue weighted by Crippen LogP contribution is -2.13. The minimum absolute atomic E-state index is 0.479. The molecular weight excluding hydrogens is 362 g/mol. The molecule has 0 aliphatic carbocycles. The van der Waals surface area contributed by atoms with Crippen molar-refractivity contribution in [3.8, 4) is 0 Å². The van der Waals surface area contributed by atoms with E-state index in [1.807, 2.05) is 30.3 Å². The fourth-order valence-corrected chi connectivity index (χ4v) is 3.69. The van der Waals surface area contributed by atoms with Crippen molar-refractivity contribution in [3.05, 3.63) is 30.3 Å². The third kappa shape index (κ3) is 15.9. The minimum Gasteiger partial charge on any atom is -0.471 e. The lowest BCUT2D eigenvalue weighted by molar-refractivity contribution is 0.298. The van der Waals surface area contributed by atoms with Crippen LogP contribution in [0.3, 0.4) is 0 Å².